The predicted octanol–water partition coefficient (Wildman–Crippen LogP) is 3.07. The summed E-state index contributed by atoms with van der Waals surface area (Å²) in [7, 11) is 0. The number of carbonyl (C=O) groups is 1. The van der Waals surface area contributed by atoms with Gasteiger partial charge in [-0.1, -0.05) is 35.5 Å². The minimum absolute atomic E-state index is 0.111. The number of aryl methyl sites for hydroxylation is 1. The van der Waals surface area contributed by atoms with Gasteiger partial charge in [0.15, 0.2) is 5.82 Å². The molecule has 1 amide bonds. The minimum atomic E-state index is -0.111. The molecule has 3 rings (SSSR count). The molecule has 3 aromatic rings. The topological polar surface area (TPSA) is 101 Å². The van der Waals surface area contributed by atoms with E-state index in [-0.39, 0.29) is 18.1 Å². The maximum Gasteiger partial charge on any atom is 0.237 e. The van der Waals surface area contributed by atoms with Gasteiger partial charge in [-0.15, -0.1) is 21.5 Å². The molecule has 0 atom stereocenters. The van der Waals surface area contributed by atoms with Gasteiger partial charge in [0.25, 0.3) is 0 Å². The summed E-state index contributed by atoms with van der Waals surface area (Å²) in [6.07, 6.45) is 0.264. The van der Waals surface area contributed by atoms with Gasteiger partial charge in [-0.3, -0.25) is 4.79 Å². The number of nitrogens with zero attached hydrogens (tertiary/aromatic N) is 5. The Morgan fingerprint density at radius 1 is 1.33 bits per heavy atom. The van der Waals surface area contributed by atoms with Gasteiger partial charge in [0, 0.05) is 12.2 Å². The van der Waals surface area contributed by atoms with Gasteiger partial charge < -0.3 is 10.7 Å². The molecule has 0 fully saturated rings. The zero-order valence-electron chi connectivity index (χ0n) is 14.7. The van der Waals surface area contributed by atoms with E-state index in [4.69, 9.17) is 11.1 Å². The molecule has 0 saturated carbocycles. The number of benzene rings is 1. The van der Waals surface area contributed by atoms with Gasteiger partial charge in [0.2, 0.25) is 11.1 Å². The summed E-state index contributed by atoms with van der Waals surface area (Å²) in [5.74, 6) is 6.68. The van der Waals surface area contributed by atoms with Crippen molar-refractivity contribution in [1.29, 1.82) is 5.26 Å². The molecule has 138 valence electrons. The van der Waals surface area contributed by atoms with Crippen LogP contribution in [0.3, 0.4) is 0 Å². The molecular formula is C18H18N6OS2. The van der Waals surface area contributed by atoms with Gasteiger partial charge in [0.05, 0.1) is 23.1 Å². The summed E-state index contributed by atoms with van der Waals surface area (Å²) in [5.41, 5.74) is 1.88. The van der Waals surface area contributed by atoms with Crippen molar-refractivity contribution in [1.82, 2.24) is 14.9 Å². The average Bonchev–Trinajstić information content (AvgIpc) is 3.31. The van der Waals surface area contributed by atoms with E-state index in [0.717, 1.165) is 16.1 Å². The van der Waals surface area contributed by atoms with Crippen molar-refractivity contribution in [2.45, 2.75) is 18.5 Å². The Morgan fingerprint density at radius 2 is 2.11 bits per heavy atom. The molecule has 0 aliphatic carbocycles. The number of aromatic nitrogens is 3. The number of thiophene rings is 1. The molecule has 9 heteroatoms. The van der Waals surface area contributed by atoms with Crippen molar-refractivity contribution in [3.8, 4) is 16.8 Å². The standard InChI is InChI=1S/C18H18N6OS2/c1-13-5-7-14(8-6-13)23(10-3-9-19)16(25)12-27-18-22-21-17(24(18)20)15-4-2-11-26-15/h2,4-8,11H,3,10,12,20H2,1H3. The Labute approximate surface area is 165 Å². The zero-order chi connectivity index (χ0) is 19.2. The fourth-order valence-corrected chi connectivity index (χ4v) is 3.88. The number of hydrogen-bond acceptors (Lipinski definition) is 7. The number of hydrogen-bond donors (Lipinski definition) is 1. The van der Waals surface area contributed by atoms with Crippen molar-refractivity contribution >= 4 is 34.7 Å². The second kappa shape index (κ2) is 8.70. The summed E-state index contributed by atoms with van der Waals surface area (Å²) in [4.78, 5) is 15.3. The van der Waals surface area contributed by atoms with E-state index in [1.807, 2.05) is 48.7 Å². The minimum Gasteiger partial charge on any atom is -0.335 e. The lowest BCUT2D eigenvalue weighted by Crippen LogP contribution is -2.33. The van der Waals surface area contributed by atoms with Crippen LogP contribution in [-0.4, -0.2) is 33.1 Å². The summed E-state index contributed by atoms with van der Waals surface area (Å²) in [5, 5.41) is 19.5. The van der Waals surface area contributed by atoms with Crippen LogP contribution < -0.4 is 10.7 Å². The first kappa shape index (κ1) is 18.9. The Kier molecular flexibility index (Phi) is 6.11. The Balaban J connectivity index is 1.71. The van der Waals surface area contributed by atoms with Crippen LogP contribution in [0.2, 0.25) is 0 Å². The molecule has 0 aliphatic heterocycles. The molecule has 7 nitrogen and oxygen atoms in total. The summed E-state index contributed by atoms with van der Waals surface area (Å²) in [6.45, 7) is 2.33. The summed E-state index contributed by atoms with van der Waals surface area (Å²) >= 11 is 2.75. The molecule has 0 spiro atoms. The second-order valence-electron chi connectivity index (χ2n) is 5.73. The number of anilines is 1. The van der Waals surface area contributed by atoms with Crippen LogP contribution in [-0.2, 0) is 4.79 Å². The number of nitrogens with two attached hydrogens (primary N) is 1. The number of nitrogen functional groups attached to an aromatic ring is 1. The normalized spacial score (nSPS) is 10.5. The third-order valence-corrected chi connectivity index (χ3v) is 5.62. The van der Waals surface area contributed by atoms with E-state index in [1.165, 1.54) is 27.8 Å². The average molecular weight is 399 g/mol. The molecule has 0 radical (unpaired) electrons. The highest BCUT2D eigenvalue weighted by Crippen LogP contribution is 2.26. The zero-order valence-corrected chi connectivity index (χ0v) is 16.3. The highest BCUT2D eigenvalue weighted by atomic mass is 32.2. The van der Waals surface area contributed by atoms with Gasteiger partial charge in [0.1, 0.15) is 0 Å². The molecule has 0 unspecified atom stereocenters. The molecule has 1 aromatic carbocycles. The third-order valence-electron chi connectivity index (χ3n) is 3.82. The first-order valence-electron chi connectivity index (χ1n) is 8.21. The van der Waals surface area contributed by atoms with Crippen LogP contribution in [0.4, 0.5) is 5.69 Å². The third kappa shape index (κ3) is 4.48. The van der Waals surface area contributed by atoms with Crippen LogP contribution in [0.15, 0.2) is 46.9 Å². The van der Waals surface area contributed by atoms with Crippen LogP contribution in [0.5, 0.6) is 0 Å². The highest BCUT2D eigenvalue weighted by molar-refractivity contribution is 7.99. The molecule has 2 heterocycles. The SMILES string of the molecule is Cc1ccc(N(CCC#N)C(=O)CSc2nnc(-c3cccs3)n2N)cc1. The molecule has 0 saturated heterocycles. The molecule has 2 N–H and O–H groups in total. The smallest absolute Gasteiger partial charge is 0.237 e. The molecule has 0 bridgehead atoms. The van der Waals surface area contributed by atoms with Crippen LogP contribution in [0.25, 0.3) is 10.7 Å². The Bertz CT molecular complexity index is 943. The summed E-state index contributed by atoms with van der Waals surface area (Å²) in [6, 6.07) is 13.6. The van der Waals surface area contributed by atoms with E-state index >= 15 is 0 Å². The highest BCUT2D eigenvalue weighted by Gasteiger charge is 2.19. The number of thioether (sulfide) groups is 1. The van der Waals surface area contributed by atoms with E-state index in [0.29, 0.717) is 17.5 Å². The van der Waals surface area contributed by atoms with E-state index < -0.39 is 0 Å². The fourth-order valence-electron chi connectivity index (χ4n) is 2.44. The van der Waals surface area contributed by atoms with Gasteiger partial charge >= 0.3 is 0 Å². The second-order valence-corrected chi connectivity index (χ2v) is 7.62. The number of carbonyl (C=O) groups excluding carboxylic acids is 1. The van der Waals surface area contributed by atoms with Gasteiger partial charge in [-0.05, 0) is 30.5 Å². The van der Waals surface area contributed by atoms with Crippen LogP contribution >= 0.6 is 23.1 Å². The lowest BCUT2D eigenvalue weighted by molar-refractivity contribution is -0.116. The van der Waals surface area contributed by atoms with Crippen LogP contribution in [0, 0.1) is 18.3 Å². The van der Waals surface area contributed by atoms with Crippen molar-refractivity contribution in [3.63, 3.8) is 0 Å². The van der Waals surface area contributed by atoms with Crippen molar-refractivity contribution in [3.05, 3.63) is 47.3 Å². The first-order chi connectivity index (χ1) is 13.1. The van der Waals surface area contributed by atoms with Gasteiger partial charge in [-0.2, -0.15) is 5.26 Å². The molecule has 27 heavy (non-hydrogen) atoms. The van der Waals surface area contributed by atoms with Crippen molar-refractivity contribution < 1.29 is 4.79 Å². The maximum absolute atomic E-state index is 12.8. The van der Waals surface area contributed by atoms with Gasteiger partial charge in [-0.25, -0.2) is 4.68 Å². The lowest BCUT2D eigenvalue weighted by Gasteiger charge is -2.21. The van der Waals surface area contributed by atoms with Crippen molar-refractivity contribution in [2.75, 3.05) is 23.0 Å². The van der Waals surface area contributed by atoms with Crippen molar-refractivity contribution in [2.24, 2.45) is 0 Å². The molecule has 2 aromatic heterocycles. The first-order valence-corrected chi connectivity index (χ1v) is 10.1. The van der Waals surface area contributed by atoms with E-state index in [9.17, 15) is 4.79 Å². The quantitative estimate of drug-likeness (QED) is 0.485. The number of rotatable bonds is 7. The largest absolute Gasteiger partial charge is 0.335 e. The Morgan fingerprint density at radius 3 is 2.78 bits per heavy atom. The Hall–Kier alpha value is -2.83. The predicted molar refractivity (Wildman–Crippen MR) is 108 cm³/mol. The number of amides is 1. The van der Waals surface area contributed by atoms with E-state index in [2.05, 4.69) is 16.3 Å². The van der Waals surface area contributed by atoms with E-state index in [1.54, 1.807) is 4.90 Å². The number of nitriles is 1. The van der Waals surface area contributed by atoms with Crippen LogP contribution in [0.1, 0.15) is 12.0 Å². The lowest BCUT2D eigenvalue weighted by atomic mass is 10.2. The monoisotopic (exact) mass is 398 g/mol. The fraction of sp³-hybridized carbons (Fsp3) is 0.222. The maximum atomic E-state index is 12.8. The summed E-state index contributed by atoms with van der Waals surface area (Å²) < 4.78 is 1.40. The molecular weight excluding hydrogens is 380 g/mol. The molecule has 0 aliphatic rings.